The number of nitrogens with one attached hydrogen (secondary N) is 1. The van der Waals surface area contributed by atoms with Gasteiger partial charge in [0.25, 0.3) is 0 Å². The molecule has 6 heteroatoms. The molecule has 0 amide bonds. The Balaban J connectivity index is 2.09. The van der Waals surface area contributed by atoms with Crippen LogP contribution in [0.2, 0.25) is 0 Å². The van der Waals surface area contributed by atoms with Gasteiger partial charge in [-0.15, -0.1) is 5.10 Å². The molecule has 1 unspecified atom stereocenters. The summed E-state index contributed by atoms with van der Waals surface area (Å²) >= 11 is 0. The van der Waals surface area contributed by atoms with Crippen LogP contribution in [0.4, 0.5) is 10.1 Å². The molecule has 0 saturated carbocycles. The summed E-state index contributed by atoms with van der Waals surface area (Å²) in [4.78, 5) is 0. The van der Waals surface area contributed by atoms with Gasteiger partial charge in [0.2, 0.25) is 0 Å². The maximum atomic E-state index is 13.8. The number of hydrogen-bond donors (Lipinski definition) is 1. The van der Waals surface area contributed by atoms with Crippen molar-refractivity contribution in [3.05, 3.63) is 30.3 Å². The number of anilines is 1. The molecule has 0 fully saturated rings. The van der Waals surface area contributed by atoms with Gasteiger partial charge in [0.1, 0.15) is 12.1 Å². The summed E-state index contributed by atoms with van der Waals surface area (Å²) in [6.45, 7) is 6.43. The van der Waals surface area contributed by atoms with Crippen molar-refractivity contribution >= 4 is 5.69 Å². The zero-order chi connectivity index (χ0) is 14.5. The standard InChI is InChI=1S/C14H20FN5/c1-10(2)4-5-11(3)17-14-8-12(6-7-13(14)15)20-9-16-18-19-20/h6-11,17H,4-5H2,1-3H3. The first-order valence-corrected chi connectivity index (χ1v) is 6.85. The summed E-state index contributed by atoms with van der Waals surface area (Å²) in [6.07, 6.45) is 3.61. The molecule has 1 heterocycles. The van der Waals surface area contributed by atoms with Gasteiger partial charge in [0.15, 0.2) is 0 Å². The Morgan fingerprint density at radius 2 is 2.05 bits per heavy atom. The minimum atomic E-state index is -0.266. The highest BCUT2D eigenvalue weighted by atomic mass is 19.1. The third kappa shape index (κ3) is 3.76. The molecule has 1 atom stereocenters. The van der Waals surface area contributed by atoms with Crippen molar-refractivity contribution in [2.24, 2.45) is 5.92 Å². The highest BCUT2D eigenvalue weighted by Gasteiger charge is 2.09. The van der Waals surface area contributed by atoms with Crippen LogP contribution in [0, 0.1) is 11.7 Å². The van der Waals surface area contributed by atoms with E-state index in [9.17, 15) is 4.39 Å². The molecule has 5 nitrogen and oxygen atoms in total. The van der Waals surface area contributed by atoms with Crippen LogP contribution in [0.25, 0.3) is 5.69 Å². The van der Waals surface area contributed by atoms with E-state index in [1.54, 1.807) is 12.1 Å². The van der Waals surface area contributed by atoms with E-state index in [2.05, 4.69) is 41.6 Å². The number of tetrazole rings is 1. The predicted octanol–water partition coefficient (Wildman–Crippen LogP) is 3.04. The van der Waals surface area contributed by atoms with Gasteiger partial charge in [0, 0.05) is 6.04 Å². The Hall–Kier alpha value is -1.98. The summed E-state index contributed by atoms with van der Waals surface area (Å²) < 4.78 is 15.4. The van der Waals surface area contributed by atoms with Gasteiger partial charge in [-0.2, -0.15) is 0 Å². The van der Waals surface area contributed by atoms with Crippen molar-refractivity contribution in [1.29, 1.82) is 0 Å². The van der Waals surface area contributed by atoms with Crippen molar-refractivity contribution in [3.63, 3.8) is 0 Å². The fraction of sp³-hybridized carbons (Fsp3) is 0.500. The predicted molar refractivity (Wildman–Crippen MR) is 76.3 cm³/mol. The smallest absolute Gasteiger partial charge is 0.146 e. The molecule has 0 bridgehead atoms. The number of hydrogen-bond acceptors (Lipinski definition) is 4. The average molecular weight is 277 g/mol. The third-order valence-corrected chi connectivity index (χ3v) is 3.14. The van der Waals surface area contributed by atoms with E-state index < -0.39 is 0 Å². The average Bonchev–Trinajstić information content (AvgIpc) is 2.93. The van der Waals surface area contributed by atoms with Crippen LogP contribution in [0.3, 0.4) is 0 Å². The first kappa shape index (κ1) is 14.4. The minimum Gasteiger partial charge on any atom is -0.380 e. The lowest BCUT2D eigenvalue weighted by Gasteiger charge is -2.17. The van der Waals surface area contributed by atoms with E-state index in [0.717, 1.165) is 18.5 Å². The fourth-order valence-corrected chi connectivity index (χ4v) is 1.97. The van der Waals surface area contributed by atoms with Crippen molar-refractivity contribution in [2.75, 3.05) is 5.32 Å². The quantitative estimate of drug-likeness (QED) is 0.881. The van der Waals surface area contributed by atoms with Gasteiger partial charge in [0.05, 0.1) is 11.4 Å². The molecule has 1 aromatic heterocycles. The summed E-state index contributed by atoms with van der Waals surface area (Å²) in [6, 6.07) is 5.01. The summed E-state index contributed by atoms with van der Waals surface area (Å²) in [5.74, 6) is 0.384. The molecule has 0 aliphatic carbocycles. The number of nitrogens with zero attached hydrogens (tertiary/aromatic N) is 4. The summed E-state index contributed by atoms with van der Waals surface area (Å²) in [7, 11) is 0. The molecule has 0 aliphatic heterocycles. The second kappa shape index (κ2) is 6.45. The van der Waals surface area contributed by atoms with Crippen LogP contribution < -0.4 is 5.32 Å². The SMILES string of the molecule is CC(C)CCC(C)Nc1cc(-n2cnnn2)ccc1F. The molecule has 2 aromatic rings. The molecular weight excluding hydrogens is 257 g/mol. The molecule has 0 spiro atoms. The van der Waals surface area contributed by atoms with Crippen molar-refractivity contribution in [2.45, 2.75) is 39.7 Å². The number of rotatable bonds is 6. The normalized spacial score (nSPS) is 12.7. The van der Waals surface area contributed by atoms with Gasteiger partial charge in [-0.1, -0.05) is 13.8 Å². The molecule has 0 saturated heterocycles. The van der Waals surface area contributed by atoms with E-state index in [1.165, 1.54) is 17.1 Å². The van der Waals surface area contributed by atoms with E-state index in [4.69, 9.17) is 0 Å². The van der Waals surface area contributed by atoms with Crippen LogP contribution in [-0.4, -0.2) is 26.2 Å². The van der Waals surface area contributed by atoms with Crippen molar-refractivity contribution in [1.82, 2.24) is 20.2 Å². The van der Waals surface area contributed by atoms with Gasteiger partial charge >= 0.3 is 0 Å². The Kier molecular flexibility index (Phi) is 4.65. The molecule has 108 valence electrons. The van der Waals surface area contributed by atoms with Gasteiger partial charge in [-0.05, 0) is 54.3 Å². The zero-order valence-electron chi connectivity index (χ0n) is 12.0. The first-order valence-electron chi connectivity index (χ1n) is 6.85. The highest BCUT2D eigenvalue weighted by molar-refractivity contribution is 5.52. The molecular formula is C14H20FN5. The monoisotopic (exact) mass is 277 g/mol. The lowest BCUT2D eigenvalue weighted by Crippen LogP contribution is -2.17. The fourth-order valence-electron chi connectivity index (χ4n) is 1.97. The summed E-state index contributed by atoms with van der Waals surface area (Å²) in [5, 5.41) is 14.2. The van der Waals surface area contributed by atoms with Crippen LogP contribution >= 0.6 is 0 Å². The molecule has 0 aliphatic rings. The highest BCUT2D eigenvalue weighted by Crippen LogP contribution is 2.20. The molecule has 1 N–H and O–H groups in total. The second-order valence-electron chi connectivity index (χ2n) is 5.44. The zero-order valence-corrected chi connectivity index (χ0v) is 12.0. The number of benzene rings is 1. The topological polar surface area (TPSA) is 55.6 Å². The largest absolute Gasteiger partial charge is 0.380 e. The lowest BCUT2D eigenvalue weighted by molar-refractivity contribution is 0.525. The molecule has 1 aromatic carbocycles. The van der Waals surface area contributed by atoms with Gasteiger partial charge in [-0.25, -0.2) is 9.07 Å². The van der Waals surface area contributed by atoms with E-state index in [1.807, 2.05) is 0 Å². The first-order chi connectivity index (χ1) is 9.56. The Bertz CT molecular complexity index is 539. The maximum Gasteiger partial charge on any atom is 0.146 e. The van der Waals surface area contributed by atoms with E-state index in [-0.39, 0.29) is 11.9 Å². The Morgan fingerprint density at radius 1 is 1.25 bits per heavy atom. The Morgan fingerprint density at radius 3 is 2.70 bits per heavy atom. The van der Waals surface area contributed by atoms with E-state index >= 15 is 0 Å². The van der Waals surface area contributed by atoms with Gasteiger partial charge in [-0.3, -0.25) is 0 Å². The van der Waals surface area contributed by atoms with Crippen molar-refractivity contribution < 1.29 is 4.39 Å². The minimum absolute atomic E-state index is 0.219. The van der Waals surface area contributed by atoms with Crippen LogP contribution in [-0.2, 0) is 0 Å². The lowest BCUT2D eigenvalue weighted by atomic mass is 10.0. The van der Waals surface area contributed by atoms with Gasteiger partial charge < -0.3 is 5.32 Å². The third-order valence-electron chi connectivity index (χ3n) is 3.14. The molecule has 0 radical (unpaired) electrons. The van der Waals surface area contributed by atoms with Crippen LogP contribution in [0.1, 0.15) is 33.6 Å². The van der Waals surface area contributed by atoms with Crippen molar-refractivity contribution in [3.8, 4) is 5.69 Å². The van der Waals surface area contributed by atoms with E-state index in [0.29, 0.717) is 11.6 Å². The number of aromatic nitrogens is 4. The molecule has 20 heavy (non-hydrogen) atoms. The maximum absolute atomic E-state index is 13.8. The second-order valence-corrected chi connectivity index (χ2v) is 5.44. The number of halogens is 1. The van der Waals surface area contributed by atoms with Crippen LogP contribution in [0.5, 0.6) is 0 Å². The molecule has 2 rings (SSSR count). The van der Waals surface area contributed by atoms with Crippen LogP contribution in [0.15, 0.2) is 24.5 Å². The summed E-state index contributed by atoms with van der Waals surface area (Å²) in [5.41, 5.74) is 1.21. The Labute approximate surface area is 118 Å².